The molecule has 0 radical (unpaired) electrons. The molecular weight excluding hydrogens is 723 g/mol. The normalized spacial score (nSPS) is 21.1. The molecule has 3 aliphatic heterocycles. The molecule has 1 saturated heterocycles. The first kappa shape index (κ1) is 37.2. The van der Waals surface area contributed by atoms with Crippen LogP contribution in [0.1, 0.15) is 95.9 Å². The van der Waals surface area contributed by atoms with Gasteiger partial charge in [0.25, 0.3) is 11.8 Å². The molecule has 5 heterocycles. The second-order valence-electron chi connectivity index (χ2n) is 15.4. The molecule has 8 rings (SSSR count). The zero-order valence-electron chi connectivity index (χ0n) is 31.5. The van der Waals surface area contributed by atoms with Crippen LogP contribution in [0.15, 0.2) is 36.4 Å². The summed E-state index contributed by atoms with van der Waals surface area (Å²) in [7, 11) is 3.82. The molecule has 0 unspecified atom stereocenters. The van der Waals surface area contributed by atoms with Gasteiger partial charge in [0.15, 0.2) is 11.6 Å². The average Bonchev–Trinajstić information content (AvgIpc) is 3.72. The topological polar surface area (TPSA) is 110 Å². The summed E-state index contributed by atoms with van der Waals surface area (Å²) < 4.78 is 9.39. The fourth-order valence-electron chi connectivity index (χ4n) is 9.12. The van der Waals surface area contributed by atoms with Crippen LogP contribution in [0.5, 0.6) is 0 Å². The molecule has 4 aliphatic rings. The fraction of sp³-hybridized carbons (Fsp3) is 0.512. The van der Waals surface area contributed by atoms with E-state index in [1.807, 2.05) is 47.5 Å². The minimum Gasteiger partial charge on any atom is -0.381 e. The Bertz CT molecular complexity index is 2050. The van der Waals surface area contributed by atoms with Crippen molar-refractivity contribution in [2.24, 2.45) is 20.0 Å². The average molecular weight is 774 g/mol. The summed E-state index contributed by atoms with van der Waals surface area (Å²) in [5.41, 5.74) is 6.29. The molecule has 2 aromatic carbocycles. The summed E-state index contributed by atoms with van der Waals surface area (Å²) in [6.45, 7) is 7.31. The van der Waals surface area contributed by atoms with Gasteiger partial charge in [0.2, 0.25) is 0 Å². The summed E-state index contributed by atoms with van der Waals surface area (Å²) in [5.74, 6) is 0.922. The van der Waals surface area contributed by atoms with Crippen LogP contribution >= 0.6 is 23.2 Å². The third-order valence-electron chi connectivity index (χ3n) is 12.4. The Hall–Kier alpha value is -3.74. The predicted octanol–water partition coefficient (Wildman–Crippen LogP) is 7.50. The van der Waals surface area contributed by atoms with Crippen molar-refractivity contribution in [3.05, 3.63) is 80.9 Å². The van der Waals surface area contributed by atoms with E-state index >= 15 is 0 Å². The van der Waals surface area contributed by atoms with Gasteiger partial charge in [-0.25, -0.2) is 9.97 Å². The van der Waals surface area contributed by atoms with Gasteiger partial charge in [-0.15, -0.1) is 0 Å². The number of aromatic nitrogens is 4. The van der Waals surface area contributed by atoms with E-state index in [2.05, 4.69) is 27.4 Å². The van der Waals surface area contributed by atoms with E-state index in [-0.39, 0.29) is 11.8 Å². The van der Waals surface area contributed by atoms with Crippen LogP contribution in [0.2, 0.25) is 10.0 Å². The van der Waals surface area contributed by atoms with Crippen molar-refractivity contribution in [1.29, 1.82) is 0 Å². The summed E-state index contributed by atoms with van der Waals surface area (Å²) in [6, 6.07) is 12.0. The van der Waals surface area contributed by atoms with E-state index in [0.717, 1.165) is 93.8 Å². The molecular formula is C41H50Cl2N8O3. The standard InChI is InChI=1S/C41H50Cl2N8O3/c1-4-25-11-13-26(14-12-25)50-19-15-34-32(23-50)44-38(48(34)2)40(52)46-30-9-5-7-28(36(30)42)29-8-6-10-31(37(29)43)47-41(53)39-45-33-24-51(20-16-35(33)49(39)3)27-17-21-54-22-18-27/h5-10,25-27H,4,11-24H2,1-3H3,(H,46,52)(H,47,53). The summed E-state index contributed by atoms with van der Waals surface area (Å²) in [6.07, 6.45) is 10.1. The fourth-order valence-corrected chi connectivity index (χ4v) is 9.67. The van der Waals surface area contributed by atoms with Crippen molar-refractivity contribution in [3.63, 3.8) is 0 Å². The molecule has 2 N–H and O–H groups in total. The molecule has 2 aromatic heterocycles. The number of hydrogen-bond donors (Lipinski definition) is 2. The highest BCUT2D eigenvalue weighted by molar-refractivity contribution is 6.40. The van der Waals surface area contributed by atoms with Gasteiger partial charge in [-0.05, 0) is 56.6 Å². The lowest BCUT2D eigenvalue weighted by molar-refractivity contribution is 0.0283. The number of carbonyl (C=O) groups is 2. The second-order valence-corrected chi connectivity index (χ2v) is 16.1. The second kappa shape index (κ2) is 15.8. The first-order chi connectivity index (χ1) is 26.2. The van der Waals surface area contributed by atoms with Crippen molar-refractivity contribution in [1.82, 2.24) is 28.9 Å². The van der Waals surface area contributed by atoms with Crippen molar-refractivity contribution in [3.8, 4) is 11.1 Å². The first-order valence-corrected chi connectivity index (χ1v) is 20.3. The Labute approximate surface area is 327 Å². The number of carbonyl (C=O) groups excluding carboxylic acids is 2. The molecule has 2 amide bonds. The van der Waals surface area contributed by atoms with Crippen molar-refractivity contribution in [2.75, 3.05) is 36.9 Å². The van der Waals surface area contributed by atoms with Crippen LogP contribution in [0.4, 0.5) is 11.4 Å². The Kier molecular flexibility index (Phi) is 10.9. The number of halogens is 2. The van der Waals surface area contributed by atoms with Gasteiger partial charge in [0, 0.05) is 101 Å². The Morgan fingerprint density at radius 3 is 1.65 bits per heavy atom. The number of imidazole rings is 2. The third kappa shape index (κ3) is 7.21. The molecule has 0 spiro atoms. The lowest BCUT2D eigenvalue weighted by atomic mass is 9.83. The van der Waals surface area contributed by atoms with E-state index in [0.29, 0.717) is 56.3 Å². The lowest BCUT2D eigenvalue weighted by Gasteiger charge is -2.38. The van der Waals surface area contributed by atoms with Crippen LogP contribution in [-0.4, -0.2) is 79.1 Å². The molecule has 11 nitrogen and oxygen atoms in total. The van der Waals surface area contributed by atoms with Gasteiger partial charge in [0.05, 0.1) is 32.8 Å². The molecule has 0 atom stereocenters. The number of rotatable bonds is 8. The number of nitrogens with one attached hydrogen (secondary N) is 2. The van der Waals surface area contributed by atoms with Crippen molar-refractivity contribution in [2.45, 2.75) is 89.9 Å². The SMILES string of the molecule is CCC1CCC(N2CCc3c(nc(C(=O)Nc4cccc(-c5cccc(NC(=O)c6nc7c(n6C)CCN(C6CCOCC6)C7)c5Cl)c4Cl)n3C)C2)CC1. The van der Waals surface area contributed by atoms with Crippen molar-refractivity contribution >= 4 is 46.4 Å². The molecule has 286 valence electrons. The van der Waals surface area contributed by atoms with E-state index in [1.54, 1.807) is 12.1 Å². The minimum atomic E-state index is -0.333. The maximum atomic E-state index is 13.7. The number of anilines is 2. The summed E-state index contributed by atoms with van der Waals surface area (Å²) >= 11 is 14.0. The number of hydrogen-bond acceptors (Lipinski definition) is 7. The van der Waals surface area contributed by atoms with E-state index in [9.17, 15) is 9.59 Å². The van der Waals surface area contributed by atoms with E-state index < -0.39 is 0 Å². The van der Waals surface area contributed by atoms with Gasteiger partial charge >= 0.3 is 0 Å². The van der Waals surface area contributed by atoms with Gasteiger partial charge < -0.3 is 24.5 Å². The number of amides is 2. The maximum absolute atomic E-state index is 13.7. The first-order valence-electron chi connectivity index (χ1n) is 19.5. The molecule has 4 aromatic rings. The maximum Gasteiger partial charge on any atom is 0.291 e. The van der Waals surface area contributed by atoms with Crippen LogP contribution < -0.4 is 10.6 Å². The largest absolute Gasteiger partial charge is 0.381 e. The van der Waals surface area contributed by atoms with Gasteiger partial charge in [-0.3, -0.25) is 19.4 Å². The van der Waals surface area contributed by atoms with Crippen LogP contribution in [0.3, 0.4) is 0 Å². The number of ether oxygens (including phenoxy) is 1. The van der Waals surface area contributed by atoms with Crippen LogP contribution in [0, 0.1) is 5.92 Å². The monoisotopic (exact) mass is 772 g/mol. The van der Waals surface area contributed by atoms with Gasteiger partial charge in [-0.1, -0.05) is 60.8 Å². The van der Waals surface area contributed by atoms with Crippen LogP contribution in [0.25, 0.3) is 11.1 Å². The zero-order valence-corrected chi connectivity index (χ0v) is 33.0. The van der Waals surface area contributed by atoms with Crippen LogP contribution in [-0.2, 0) is 44.8 Å². The number of benzene rings is 2. The number of nitrogens with zero attached hydrogens (tertiary/aromatic N) is 6. The molecule has 1 aliphatic carbocycles. The smallest absolute Gasteiger partial charge is 0.291 e. The highest BCUT2D eigenvalue weighted by Crippen LogP contribution is 2.41. The Morgan fingerprint density at radius 1 is 0.722 bits per heavy atom. The molecule has 1 saturated carbocycles. The highest BCUT2D eigenvalue weighted by atomic mass is 35.5. The molecule has 54 heavy (non-hydrogen) atoms. The predicted molar refractivity (Wildman–Crippen MR) is 212 cm³/mol. The Balaban J connectivity index is 0.959. The van der Waals surface area contributed by atoms with Gasteiger partial charge in [-0.2, -0.15) is 0 Å². The van der Waals surface area contributed by atoms with Crippen molar-refractivity contribution < 1.29 is 14.3 Å². The lowest BCUT2D eigenvalue weighted by Crippen LogP contribution is -2.42. The number of fused-ring (bicyclic) bond motifs is 2. The zero-order chi connectivity index (χ0) is 37.5. The quantitative estimate of drug-likeness (QED) is 0.191. The Morgan fingerprint density at radius 2 is 1.19 bits per heavy atom. The van der Waals surface area contributed by atoms with Gasteiger partial charge in [0.1, 0.15) is 0 Å². The summed E-state index contributed by atoms with van der Waals surface area (Å²) in [4.78, 5) is 42.1. The van der Waals surface area contributed by atoms with E-state index in [4.69, 9.17) is 37.9 Å². The summed E-state index contributed by atoms with van der Waals surface area (Å²) in [5, 5.41) is 6.69. The van der Waals surface area contributed by atoms with E-state index in [1.165, 1.54) is 32.1 Å². The molecule has 2 fully saturated rings. The third-order valence-corrected chi connectivity index (χ3v) is 13.2. The minimum absolute atomic E-state index is 0.318. The molecule has 0 bridgehead atoms. The molecule has 13 heteroatoms. The highest BCUT2D eigenvalue weighted by Gasteiger charge is 2.32.